The Balaban J connectivity index is 2.21. The van der Waals surface area contributed by atoms with Crippen LogP contribution in [0.15, 0.2) is 10.9 Å². The molecule has 0 amide bonds. The van der Waals surface area contributed by atoms with Crippen molar-refractivity contribution < 1.29 is 4.74 Å². The number of H-pyrrole nitrogens is 1. The molecule has 1 aromatic rings. The van der Waals surface area contributed by atoms with Crippen LogP contribution >= 0.6 is 11.6 Å². The molecule has 5 nitrogen and oxygen atoms in total. The lowest BCUT2D eigenvalue weighted by Gasteiger charge is -2.31. The molecule has 1 atom stereocenters. The van der Waals surface area contributed by atoms with Gasteiger partial charge in [-0.2, -0.15) is 0 Å². The first kappa shape index (κ1) is 12.5. The highest BCUT2D eigenvalue weighted by Gasteiger charge is 2.23. The second-order valence-corrected chi connectivity index (χ2v) is 4.28. The van der Waals surface area contributed by atoms with E-state index < -0.39 is 0 Å². The van der Waals surface area contributed by atoms with Crippen molar-refractivity contribution in [3.63, 3.8) is 0 Å². The van der Waals surface area contributed by atoms with Gasteiger partial charge >= 0.3 is 0 Å². The highest BCUT2D eigenvalue weighted by atomic mass is 35.5. The molecule has 1 aliphatic rings. The maximum atomic E-state index is 11.4. The Bertz CT molecular complexity index is 435. The minimum atomic E-state index is -0.178. The SMILES string of the molecule is CCN1CCOC(c2nc(CCl)cc(=O)[nH]2)C1. The highest BCUT2D eigenvalue weighted by molar-refractivity contribution is 6.16. The Morgan fingerprint density at radius 1 is 1.71 bits per heavy atom. The molecule has 0 saturated carbocycles. The molecule has 2 rings (SSSR count). The largest absolute Gasteiger partial charge is 0.368 e. The molecule has 0 aliphatic carbocycles. The van der Waals surface area contributed by atoms with Gasteiger partial charge in [-0.25, -0.2) is 4.98 Å². The maximum absolute atomic E-state index is 11.4. The molecule has 0 spiro atoms. The van der Waals surface area contributed by atoms with Crippen LogP contribution in [0.25, 0.3) is 0 Å². The van der Waals surface area contributed by atoms with E-state index >= 15 is 0 Å². The lowest BCUT2D eigenvalue weighted by atomic mass is 10.2. The number of nitrogens with zero attached hydrogens (tertiary/aromatic N) is 2. The van der Waals surface area contributed by atoms with Gasteiger partial charge in [0.1, 0.15) is 11.9 Å². The molecule has 2 heterocycles. The third-order valence-corrected chi connectivity index (χ3v) is 3.13. The van der Waals surface area contributed by atoms with Crippen LogP contribution in [0.3, 0.4) is 0 Å². The van der Waals surface area contributed by atoms with Gasteiger partial charge in [0, 0.05) is 19.2 Å². The molecule has 1 aromatic heterocycles. The predicted octanol–water partition coefficient (Wildman–Crippen LogP) is 0.902. The average molecular weight is 258 g/mol. The van der Waals surface area contributed by atoms with Gasteiger partial charge in [-0.1, -0.05) is 6.92 Å². The lowest BCUT2D eigenvalue weighted by Crippen LogP contribution is -2.39. The van der Waals surface area contributed by atoms with Crippen LogP contribution in [-0.4, -0.2) is 41.1 Å². The summed E-state index contributed by atoms with van der Waals surface area (Å²) in [5.74, 6) is 0.813. The number of morpholine rings is 1. The monoisotopic (exact) mass is 257 g/mol. The number of alkyl halides is 1. The zero-order valence-corrected chi connectivity index (χ0v) is 10.5. The molecule has 0 aromatic carbocycles. The van der Waals surface area contributed by atoms with Gasteiger partial charge in [-0.3, -0.25) is 9.69 Å². The third kappa shape index (κ3) is 3.06. The van der Waals surface area contributed by atoms with E-state index in [2.05, 4.69) is 21.8 Å². The fraction of sp³-hybridized carbons (Fsp3) is 0.636. The summed E-state index contributed by atoms with van der Waals surface area (Å²) < 4.78 is 5.63. The number of aromatic nitrogens is 2. The molecule has 0 radical (unpaired) electrons. The molecule has 1 fully saturated rings. The van der Waals surface area contributed by atoms with Crippen LogP contribution in [0, 0.1) is 0 Å². The van der Waals surface area contributed by atoms with E-state index in [1.165, 1.54) is 6.07 Å². The van der Waals surface area contributed by atoms with E-state index in [1.807, 2.05) is 0 Å². The zero-order valence-electron chi connectivity index (χ0n) is 9.78. The third-order valence-electron chi connectivity index (χ3n) is 2.85. The first-order chi connectivity index (χ1) is 8.22. The number of nitrogens with one attached hydrogen (secondary N) is 1. The summed E-state index contributed by atoms with van der Waals surface area (Å²) >= 11 is 5.70. The quantitative estimate of drug-likeness (QED) is 0.818. The first-order valence-corrected chi connectivity index (χ1v) is 6.26. The fourth-order valence-electron chi connectivity index (χ4n) is 1.90. The molecule has 1 N–H and O–H groups in total. The number of likely N-dealkylation sites (N-methyl/N-ethyl adjacent to an activating group) is 1. The second-order valence-electron chi connectivity index (χ2n) is 4.01. The fourth-order valence-corrected chi connectivity index (χ4v) is 2.04. The zero-order chi connectivity index (χ0) is 12.3. The average Bonchev–Trinajstić information content (AvgIpc) is 2.38. The van der Waals surface area contributed by atoms with Crippen molar-refractivity contribution in [1.29, 1.82) is 0 Å². The minimum Gasteiger partial charge on any atom is -0.368 e. The van der Waals surface area contributed by atoms with Crippen LogP contribution in [0.4, 0.5) is 0 Å². The molecule has 0 bridgehead atoms. The van der Waals surface area contributed by atoms with Crippen molar-refractivity contribution in [1.82, 2.24) is 14.9 Å². The van der Waals surface area contributed by atoms with Crippen molar-refractivity contribution in [3.8, 4) is 0 Å². The molecule has 94 valence electrons. The number of hydrogen-bond donors (Lipinski definition) is 1. The minimum absolute atomic E-state index is 0.167. The van der Waals surface area contributed by atoms with Crippen molar-refractivity contribution in [2.75, 3.05) is 26.2 Å². The van der Waals surface area contributed by atoms with Crippen LogP contribution < -0.4 is 5.56 Å². The van der Waals surface area contributed by atoms with Crippen molar-refractivity contribution in [2.24, 2.45) is 0 Å². The topological polar surface area (TPSA) is 58.2 Å². The van der Waals surface area contributed by atoms with E-state index in [1.54, 1.807) is 0 Å². The molecule has 6 heteroatoms. The van der Waals surface area contributed by atoms with Crippen molar-refractivity contribution >= 4 is 11.6 Å². The normalized spacial score (nSPS) is 21.6. The Labute approximate surface area is 105 Å². The molecule has 1 saturated heterocycles. The Morgan fingerprint density at radius 3 is 3.24 bits per heavy atom. The summed E-state index contributed by atoms with van der Waals surface area (Å²) in [4.78, 5) is 20.7. The summed E-state index contributed by atoms with van der Waals surface area (Å²) in [6.45, 7) is 5.41. The maximum Gasteiger partial charge on any atom is 0.251 e. The smallest absolute Gasteiger partial charge is 0.251 e. The van der Waals surface area contributed by atoms with Gasteiger partial charge in [0.25, 0.3) is 5.56 Å². The number of hydrogen-bond acceptors (Lipinski definition) is 4. The van der Waals surface area contributed by atoms with Gasteiger partial charge in [-0.15, -0.1) is 11.6 Å². The Kier molecular flexibility index (Phi) is 4.15. The van der Waals surface area contributed by atoms with E-state index in [4.69, 9.17) is 16.3 Å². The molecular weight excluding hydrogens is 242 g/mol. The van der Waals surface area contributed by atoms with Gasteiger partial charge in [0.2, 0.25) is 0 Å². The molecular formula is C11H16ClN3O2. The number of halogens is 1. The molecule has 1 unspecified atom stereocenters. The van der Waals surface area contributed by atoms with Gasteiger partial charge in [0.05, 0.1) is 18.2 Å². The number of ether oxygens (including phenoxy) is 1. The predicted molar refractivity (Wildman–Crippen MR) is 65.2 cm³/mol. The Hall–Kier alpha value is -0.910. The second kappa shape index (κ2) is 5.62. The van der Waals surface area contributed by atoms with Gasteiger partial charge in [0.15, 0.2) is 0 Å². The summed E-state index contributed by atoms with van der Waals surface area (Å²) in [7, 11) is 0. The van der Waals surface area contributed by atoms with Gasteiger partial charge < -0.3 is 9.72 Å². The van der Waals surface area contributed by atoms with Crippen LogP contribution in [0.5, 0.6) is 0 Å². The van der Waals surface area contributed by atoms with Crippen LogP contribution in [-0.2, 0) is 10.6 Å². The van der Waals surface area contributed by atoms with E-state index in [9.17, 15) is 4.79 Å². The van der Waals surface area contributed by atoms with Crippen LogP contribution in [0.1, 0.15) is 24.5 Å². The van der Waals surface area contributed by atoms with Gasteiger partial charge in [-0.05, 0) is 6.54 Å². The lowest BCUT2D eigenvalue weighted by molar-refractivity contribution is -0.0327. The van der Waals surface area contributed by atoms with Crippen LogP contribution in [0.2, 0.25) is 0 Å². The Morgan fingerprint density at radius 2 is 2.53 bits per heavy atom. The van der Waals surface area contributed by atoms with E-state index in [0.29, 0.717) is 18.1 Å². The van der Waals surface area contributed by atoms with E-state index in [-0.39, 0.29) is 17.5 Å². The summed E-state index contributed by atoms with van der Waals surface area (Å²) in [6, 6.07) is 1.41. The number of aromatic amines is 1. The van der Waals surface area contributed by atoms with Crippen molar-refractivity contribution in [3.05, 3.63) is 27.9 Å². The summed E-state index contributed by atoms with van der Waals surface area (Å²) in [5.41, 5.74) is 0.408. The summed E-state index contributed by atoms with van der Waals surface area (Å²) in [5, 5.41) is 0. The first-order valence-electron chi connectivity index (χ1n) is 5.73. The molecule has 1 aliphatic heterocycles. The highest BCUT2D eigenvalue weighted by Crippen LogP contribution is 2.18. The standard InChI is InChI=1S/C11H16ClN3O2/c1-2-15-3-4-17-9(7-15)11-13-8(6-12)5-10(16)14-11/h5,9H,2-4,6-7H2,1H3,(H,13,14,16). The van der Waals surface area contributed by atoms with E-state index in [0.717, 1.165) is 19.6 Å². The van der Waals surface area contributed by atoms with Crippen molar-refractivity contribution in [2.45, 2.75) is 18.9 Å². The number of rotatable bonds is 3. The molecule has 17 heavy (non-hydrogen) atoms. The summed E-state index contributed by atoms with van der Waals surface area (Å²) in [6.07, 6.45) is -0.167.